The fourth-order valence-electron chi connectivity index (χ4n) is 1.87. The minimum Gasteiger partial charge on any atom is -0.307 e. The van der Waals surface area contributed by atoms with E-state index in [0.29, 0.717) is 13.1 Å². The van der Waals surface area contributed by atoms with Gasteiger partial charge in [-0.2, -0.15) is 4.31 Å². The molecule has 0 amide bonds. The molecule has 7 nitrogen and oxygen atoms in total. The van der Waals surface area contributed by atoms with Crippen molar-refractivity contribution in [2.75, 3.05) is 38.7 Å². The first-order chi connectivity index (χ1) is 8.55. The van der Waals surface area contributed by atoms with Crippen LogP contribution in [-0.2, 0) is 10.0 Å². The molecule has 2 heterocycles. The smallest absolute Gasteiger partial charge is 0.246 e. The number of pyridine rings is 1. The molecule has 0 spiro atoms. The highest BCUT2D eigenvalue weighted by molar-refractivity contribution is 7.89. The third kappa shape index (κ3) is 2.46. The van der Waals surface area contributed by atoms with Crippen molar-refractivity contribution in [3.05, 3.63) is 18.3 Å². The van der Waals surface area contributed by atoms with Gasteiger partial charge in [0, 0.05) is 32.4 Å². The number of likely N-dealkylation sites (N-methyl/N-ethyl adjacent to an activating group) is 1. The third-order valence-electron chi connectivity index (χ3n) is 2.99. The van der Waals surface area contributed by atoms with Gasteiger partial charge in [0.15, 0.2) is 5.82 Å². The minimum atomic E-state index is -3.53. The lowest BCUT2D eigenvalue weighted by atomic mass is 10.4. The van der Waals surface area contributed by atoms with Crippen molar-refractivity contribution in [3.8, 4) is 0 Å². The highest BCUT2D eigenvalue weighted by Crippen LogP contribution is 2.22. The Hall–Kier alpha value is -1.22. The largest absolute Gasteiger partial charge is 0.307 e. The summed E-state index contributed by atoms with van der Waals surface area (Å²) in [6, 6.07) is 3.10. The molecule has 18 heavy (non-hydrogen) atoms. The minimum absolute atomic E-state index is 0.122. The van der Waals surface area contributed by atoms with Gasteiger partial charge in [0.05, 0.1) is 0 Å². The van der Waals surface area contributed by atoms with Gasteiger partial charge < -0.3 is 10.3 Å². The maximum absolute atomic E-state index is 12.4. The van der Waals surface area contributed by atoms with E-state index >= 15 is 0 Å². The van der Waals surface area contributed by atoms with Crippen molar-refractivity contribution >= 4 is 15.8 Å². The summed E-state index contributed by atoms with van der Waals surface area (Å²) >= 11 is 0. The molecule has 2 rings (SSSR count). The predicted molar refractivity (Wildman–Crippen MR) is 68.3 cm³/mol. The Balaban J connectivity index is 2.30. The number of nitrogens with zero attached hydrogens (tertiary/aromatic N) is 3. The molecule has 0 aliphatic carbocycles. The number of hydrogen-bond acceptors (Lipinski definition) is 6. The standard InChI is InChI=1S/C10H17N5O2S/c1-14-5-7-15(8-6-14)18(16,17)9-3-2-4-12-10(9)13-11/h2-4H,5-8,11H2,1H3,(H,12,13). The van der Waals surface area contributed by atoms with E-state index in [-0.39, 0.29) is 10.7 Å². The molecule has 0 bridgehead atoms. The number of aromatic nitrogens is 1. The molecule has 1 aromatic heterocycles. The molecule has 0 radical (unpaired) electrons. The molecule has 0 atom stereocenters. The number of nitrogens with two attached hydrogens (primary N) is 1. The summed E-state index contributed by atoms with van der Waals surface area (Å²) in [7, 11) is -1.55. The molecule has 1 aliphatic heterocycles. The van der Waals surface area contributed by atoms with Crippen LogP contribution in [0.3, 0.4) is 0 Å². The van der Waals surface area contributed by atoms with Gasteiger partial charge in [-0.05, 0) is 19.2 Å². The Labute approximate surface area is 107 Å². The van der Waals surface area contributed by atoms with Gasteiger partial charge in [0.1, 0.15) is 4.90 Å². The van der Waals surface area contributed by atoms with Crippen LogP contribution in [0.2, 0.25) is 0 Å². The Morgan fingerprint density at radius 3 is 2.61 bits per heavy atom. The molecule has 0 saturated carbocycles. The second kappa shape index (κ2) is 5.19. The monoisotopic (exact) mass is 271 g/mol. The second-order valence-corrected chi connectivity index (χ2v) is 6.11. The quantitative estimate of drug-likeness (QED) is 0.558. The van der Waals surface area contributed by atoms with Gasteiger partial charge in [-0.15, -0.1) is 0 Å². The summed E-state index contributed by atoms with van der Waals surface area (Å²) in [6.45, 7) is 2.42. The van der Waals surface area contributed by atoms with Crippen molar-refractivity contribution in [1.82, 2.24) is 14.2 Å². The number of piperazine rings is 1. The first kappa shape index (κ1) is 13.2. The van der Waals surface area contributed by atoms with Gasteiger partial charge >= 0.3 is 0 Å². The van der Waals surface area contributed by atoms with E-state index in [1.54, 1.807) is 6.07 Å². The number of nitrogen functional groups attached to an aromatic ring is 1. The molecular formula is C10H17N5O2S. The Morgan fingerprint density at radius 2 is 2.00 bits per heavy atom. The fourth-order valence-corrected chi connectivity index (χ4v) is 3.40. The molecule has 1 aliphatic rings. The molecule has 8 heteroatoms. The summed E-state index contributed by atoms with van der Waals surface area (Å²) in [5, 5.41) is 0. The maximum atomic E-state index is 12.4. The van der Waals surface area contributed by atoms with Crippen LogP contribution in [0.4, 0.5) is 5.82 Å². The van der Waals surface area contributed by atoms with Gasteiger partial charge in [-0.25, -0.2) is 19.2 Å². The van der Waals surface area contributed by atoms with E-state index in [2.05, 4.69) is 15.3 Å². The lowest BCUT2D eigenvalue weighted by molar-refractivity contribution is 0.222. The summed E-state index contributed by atoms with van der Waals surface area (Å²) in [4.78, 5) is 6.14. The maximum Gasteiger partial charge on any atom is 0.246 e. The van der Waals surface area contributed by atoms with E-state index in [1.807, 2.05) is 7.05 Å². The molecule has 1 fully saturated rings. The highest BCUT2D eigenvalue weighted by Gasteiger charge is 2.29. The van der Waals surface area contributed by atoms with E-state index in [9.17, 15) is 8.42 Å². The molecular weight excluding hydrogens is 254 g/mol. The highest BCUT2D eigenvalue weighted by atomic mass is 32.2. The zero-order valence-electron chi connectivity index (χ0n) is 10.2. The van der Waals surface area contributed by atoms with Crippen molar-refractivity contribution in [3.63, 3.8) is 0 Å². The Kier molecular flexibility index (Phi) is 3.81. The second-order valence-electron chi connectivity index (χ2n) is 4.20. The van der Waals surface area contributed by atoms with Crippen LogP contribution in [0.15, 0.2) is 23.2 Å². The summed E-state index contributed by atoms with van der Waals surface area (Å²) < 4.78 is 26.4. The predicted octanol–water partition coefficient (Wildman–Crippen LogP) is -0.697. The summed E-state index contributed by atoms with van der Waals surface area (Å²) in [5.41, 5.74) is 2.32. The molecule has 0 aromatic carbocycles. The number of rotatable bonds is 3. The molecule has 1 saturated heterocycles. The van der Waals surface area contributed by atoms with Crippen LogP contribution in [0.5, 0.6) is 0 Å². The summed E-state index contributed by atoms with van der Waals surface area (Å²) in [5.74, 6) is 5.47. The first-order valence-corrected chi connectivity index (χ1v) is 7.10. The van der Waals surface area contributed by atoms with Crippen LogP contribution in [0.25, 0.3) is 0 Å². The number of hydrogen-bond donors (Lipinski definition) is 2. The molecule has 3 N–H and O–H groups in total. The number of hydrazine groups is 1. The lowest BCUT2D eigenvalue weighted by Gasteiger charge is -2.31. The van der Waals surface area contributed by atoms with Crippen LogP contribution in [-0.4, -0.2) is 55.8 Å². The van der Waals surface area contributed by atoms with Crippen LogP contribution < -0.4 is 11.3 Å². The van der Waals surface area contributed by atoms with Crippen LogP contribution in [0.1, 0.15) is 0 Å². The number of sulfonamides is 1. The zero-order chi connectivity index (χ0) is 13.2. The molecule has 1 aromatic rings. The third-order valence-corrected chi connectivity index (χ3v) is 4.92. The van der Waals surface area contributed by atoms with Gasteiger partial charge in [0.25, 0.3) is 0 Å². The SMILES string of the molecule is CN1CCN(S(=O)(=O)c2cccnc2NN)CC1. The number of anilines is 1. The molecule has 0 unspecified atom stereocenters. The topological polar surface area (TPSA) is 91.6 Å². The fraction of sp³-hybridized carbons (Fsp3) is 0.500. The van der Waals surface area contributed by atoms with Crippen LogP contribution >= 0.6 is 0 Å². The zero-order valence-corrected chi connectivity index (χ0v) is 11.0. The number of nitrogens with one attached hydrogen (secondary N) is 1. The van der Waals surface area contributed by atoms with Crippen molar-refractivity contribution in [2.24, 2.45) is 5.84 Å². The first-order valence-electron chi connectivity index (χ1n) is 5.66. The van der Waals surface area contributed by atoms with Gasteiger partial charge in [-0.1, -0.05) is 0 Å². The van der Waals surface area contributed by atoms with Gasteiger partial charge in [0.2, 0.25) is 10.0 Å². The lowest BCUT2D eigenvalue weighted by Crippen LogP contribution is -2.47. The Bertz CT molecular complexity index is 511. The summed E-state index contributed by atoms with van der Waals surface area (Å²) in [6.07, 6.45) is 1.50. The van der Waals surface area contributed by atoms with Crippen molar-refractivity contribution < 1.29 is 8.42 Å². The Morgan fingerprint density at radius 1 is 1.33 bits per heavy atom. The van der Waals surface area contributed by atoms with E-state index in [0.717, 1.165) is 13.1 Å². The average molecular weight is 271 g/mol. The average Bonchev–Trinajstić information content (AvgIpc) is 2.39. The molecule has 100 valence electrons. The van der Waals surface area contributed by atoms with Crippen LogP contribution in [0, 0.1) is 0 Å². The van der Waals surface area contributed by atoms with Crippen molar-refractivity contribution in [1.29, 1.82) is 0 Å². The van der Waals surface area contributed by atoms with E-state index in [4.69, 9.17) is 5.84 Å². The van der Waals surface area contributed by atoms with E-state index < -0.39 is 10.0 Å². The normalized spacial score (nSPS) is 18.8. The van der Waals surface area contributed by atoms with Gasteiger partial charge in [-0.3, -0.25) is 0 Å². The van der Waals surface area contributed by atoms with E-state index in [1.165, 1.54) is 16.6 Å². The van der Waals surface area contributed by atoms with Crippen molar-refractivity contribution in [2.45, 2.75) is 4.90 Å².